The van der Waals surface area contributed by atoms with E-state index in [1.165, 1.54) is 0 Å². The number of para-hydroxylation sites is 1. The fourth-order valence-electron chi connectivity index (χ4n) is 2.75. The zero-order valence-corrected chi connectivity index (χ0v) is 15.8. The number of benzene rings is 2. The summed E-state index contributed by atoms with van der Waals surface area (Å²) in [5.74, 6) is 0.490. The molecular formula is C21H26N2O3. The summed E-state index contributed by atoms with van der Waals surface area (Å²) in [5.41, 5.74) is 3.24. The minimum absolute atomic E-state index is 0.00811. The molecule has 0 spiro atoms. The summed E-state index contributed by atoms with van der Waals surface area (Å²) in [6.45, 7) is 9.08. The summed E-state index contributed by atoms with van der Waals surface area (Å²) in [7, 11) is 0. The van der Waals surface area contributed by atoms with Crippen molar-refractivity contribution < 1.29 is 14.3 Å². The van der Waals surface area contributed by atoms with Crippen LogP contribution in [0.25, 0.3) is 0 Å². The maximum absolute atomic E-state index is 12.3. The van der Waals surface area contributed by atoms with E-state index in [0.29, 0.717) is 24.3 Å². The first-order valence-electron chi connectivity index (χ1n) is 8.84. The lowest BCUT2D eigenvalue weighted by Crippen LogP contribution is -2.30. The molecule has 0 unspecified atom stereocenters. The molecule has 0 saturated heterocycles. The fraction of sp³-hybridized carbons (Fsp3) is 0.333. The molecule has 0 fully saturated rings. The number of ether oxygens (including phenoxy) is 1. The van der Waals surface area contributed by atoms with Crippen LogP contribution in [-0.2, 0) is 4.79 Å². The van der Waals surface area contributed by atoms with Crippen molar-refractivity contribution in [3.8, 4) is 5.75 Å². The Morgan fingerprint density at radius 1 is 0.962 bits per heavy atom. The quantitative estimate of drug-likeness (QED) is 0.823. The van der Waals surface area contributed by atoms with Crippen molar-refractivity contribution in [2.75, 3.05) is 25.0 Å². The van der Waals surface area contributed by atoms with Crippen LogP contribution in [0.3, 0.4) is 0 Å². The van der Waals surface area contributed by atoms with Crippen LogP contribution < -0.4 is 10.1 Å². The zero-order valence-electron chi connectivity index (χ0n) is 15.8. The summed E-state index contributed by atoms with van der Waals surface area (Å²) in [6, 6.07) is 12.8. The Labute approximate surface area is 155 Å². The Bertz CT molecular complexity index is 745. The van der Waals surface area contributed by atoms with Crippen molar-refractivity contribution in [3.63, 3.8) is 0 Å². The number of nitrogens with zero attached hydrogens (tertiary/aromatic N) is 1. The van der Waals surface area contributed by atoms with Crippen LogP contribution in [0.4, 0.5) is 5.69 Å². The van der Waals surface area contributed by atoms with Crippen molar-refractivity contribution in [1.82, 2.24) is 4.90 Å². The molecule has 26 heavy (non-hydrogen) atoms. The third kappa shape index (κ3) is 4.85. The van der Waals surface area contributed by atoms with E-state index in [1.54, 1.807) is 29.2 Å². The molecule has 0 aliphatic carbocycles. The van der Waals surface area contributed by atoms with Gasteiger partial charge in [-0.1, -0.05) is 18.2 Å². The van der Waals surface area contributed by atoms with Gasteiger partial charge in [-0.3, -0.25) is 9.59 Å². The van der Waals surface area contributed by atoms with E-state index in [0.717, 1.165) is 16.9 Å². The molecule has 2 rings (SSSR count). The molecule has 5 nitrogen and oxygen atoms in total. The molecule has 0 heterocycles. The smallest absolute Gasteiger partial charge is 0.262 e. The Morgan fingerprint density at radius 3 is 2.08 bits per heavy atom. The molecule has 0 saturated carbocycles. The van der Waals surface area contributed by atoms with E-state index in [1.807, 2.05) is 45.9 Å². The first kappa shape index (κ1) is 19.5. The van der Waals surface area contributed by atoms with E-state index >= 15 is 0 Å². The van der Waals surface area contributed by atoms with Gasteiger partial charge in [-0.25, -0.2) is 0 Å². The highest BCUT2D eigenvalue weighted by Crippen LogP contribution is 2.22. The Morgan fingerprint density at radius 2 is 1.54 bits per heavy atom. The van der Waals surface area contributed by atoms with Crippen molar-refractivity contribution in [1.29, 1.82) is 0 Å². The fourth-order valence-corrected chi connectivity index (χ4v) is 2.75. The molecule has 5 heteroatoms. The summed E-state index contributed by atoms with van der Waals surface area (Å²) >= 11 is 0. The highest BCUT2D eigenvalue weighted by atomic mass is 16.5. The van der Waals surface area contributed by atoms with Gasteiger partial charge >= 0.3 is 0 Å². The second kappa shape index (κ2) is 9.04. The highest BCUT2D eigenvalue weighted by molar-refractivity contribution is 5.96. The topological polar surface area (TPSA) is 58.6 Å². The maximum Gasteiger partial charge on any atom is 0.262 e. The molecule has 1 N–H and O–H groups in total. The molecule has 0 aliphatic rings. The van der Waals surface area contributed by atoms with Gasteiger partial charge in [0.25, 0.3) is 11.8 Å². The molecule has 0 bridgehead atoms. The lowest BCUT2D eigenvalue weighted by atomic mass is 10.1. The van der Waals surface area contributed by atoms with Crippen molar-refractivity contribution in [2.45, 2.75) is 27.7 Å². The van der Waals surface area contributed by atoms with Gasteiger partial charge in [0.2, 0.25) is 0 Å². The summed E-state index contributed by atoms with van der Waals surface area (Å²) in [4.78, 5) is 26.2. The first-order chi connectivity index (χ1) is 12.5. The average molecular weight is 354 g/mol. The van der Waals surface area contributed by atoms with Crippen LogP contribution in [0.5, 0.6) is 5.75 Å². The molecule has 138 valence electrons. The second-order valence-electron chi connectivity index (χ2n) is 6.11. The monoisotopic (exact) mass is 354 g/mol. The van der Waals surface area contributed by atoms with Gasteiger partial charge in [-0.2, -0.15) is 0 Å². The van der Waals surface area contributed by atoms with Crippen molar-refractivity contribution >= 4 is 17.5 Å². The summed E-state index contributed by atoms with van der Waals surface area (Å²) in [6.07, 6.45) is 0. The summed E-state index contributed by atoms with van der Waals surface area (Å²) in [5, 5.41) is 2.79. The SMILES string of the molecule is CCN(CC)C(=O)c1ccc(NC(=O)COc2c(C)cccc2C)cc1. The number of amides is 2. The number of rotatable bonds is 7. The summed E-state index contributed by atoms with van der Waals surface area (Å²) < 4.78 is 5.65. The van der Waals surface area contributed by atoms with Gasteiger partial charge in [-0.05, 0) is 63.1 Å². The lowest BCUT2D eigenvalue weighted by Gasteiger charge is -2.18. The van der Waals surface area contributed by atoms with Gasteiger partial charge in [0.15, 0.2) is 6.61 Å². The average Bonchev–Trinajstić information content (AvgIpc) is 2.63. The zero-order chi connectivity index (χ0) is 19.1. The van der Waals surface area contributed by atoms with Crippen molar-refractivity contribution in [3.05, 3.63) is 59.2 Å². The number of anilines is 1. The van der Waals surface area contributed by atoms with Crippen LogP contribution in [0, 0.1) is 13.8 Å². The molecule has 0 radical (unpaired) electrons. The number of carbonyl (C=O) groups excluding carboxylic acids is 2. The number of carbonyl (C=O) groups is 2. The predicted molar refractivity (Wildman–Crippen MR) is 104 cm³/mol. The Balaban J connectivity index is 1.94. The predicted octanol–water partition coefficient (Wildman–Crippen LogP) is 3.80. The number of hydrogen-bond acceptors (Lipinski definition) is 3. The normalized spacial score (nSPS) is 10.3. The first-order valence-corrected chi connectivity index (χ1v) is 8.84. The van der Waals surface area contributed by atoms with E-state index < -0.39 is 0 Å². The van der Waals surface area contributed by atoms with Gasteiger partial charge in [0.1, 0.15) is 5.75 Å². The van der Waals surface area contributed by atoms with E-state index in [9.17, 15) is 9.59 Å². The standard InChI is InChI=1S/C21H26N2O3/c1-5-23(6-2)21(25)17-10-12-18(13-11-17)22-19(24)14-26-20-15(3)8-7-9-16(20)4/h7-13H,5-6,14H2,1-4H3,(H,22,24). The van der Waals surface area contributed by atoms with Crippen molar-refractivity contribution in [2.24, 2.45) is 0 Å². The van der Waals surface area contributed by atoms with Crippen LogP contribution in [0.1, 0.15) is 35.3 Å². The minimum atomic E-state index is -0.240. The molecule has 2 aromatic rings. The van der Waals surface area contributed by atoms with Crippen LogP contribution in [0.2, 0.25) is 0 Å². The van der Waals surface area contributed by atoms with Crippen LogP contribution in [0.15, 0.2) is 42.5 Å². The Kier molecular flexibility index (Phi) is 6.78. The molecule has 0 atom stereocenters. The van der Waals surface area contributed by atoms with Crippen LogP contribution >= 0.6 is 0 Å². The molecule has 2 aromatic carbocycles. The second-order valence-corrected chi connectivity index (χ2v) is 6.11. The largest absolute Gasteiger partial charge is 0.483 e. The Hall–Kier alpha value is -2.82. The van der Waals surface area contributed by atoms with E-state index in [2.05, 4.69) is 5.32 Å². The number of aryl methyl sites for hydroxylation is 2. The van der Waals surface area contributed by atoms with E-state index in [4.69, 9.17) is 4.74 Å². The third-order valence-electron chi connectivity index (χ3n) is 4.22. The van der Waals surface area contributed by atoms with Gasteiger partial charge in [0.05, 0.1) is 0 Å². The molecule has 0 aromatic heterocycles. The molecule has 2 amide bonds. The van der Waals surface area contributed by atoms with Gasteiger partial charge in [0, 0.05) is 24.3 Å². The number of hydrogen-bond donors (Lipinski definition) is 1. The number of nitrogens with one attached hydrogen (secondary N) is 1. The third-order valence-corrected chi connectivity index (χ3v) is 4.22. The lowest BCUT2D eigenvalue weighted by molar-refractivity contribution is -0.118. The van der Waals surface area contributed by atoms with Crippen LogP contribution in [-0.4, -0.2) is 36.4 Å². The van der Waals surface area contributed by atoms with E-state index in [-0.39, 0.29) is 18.4 Å². The van der Waals surface area contributed by atoms with Gasteiger partial charge in [-0.15, -0.1) is 0 Å². The van der Waals surface area contributed by atoms with Gasteiger partial charge < -0.3 is 15.0 Å². The maximum atomic E-state index is 12.3. The molecular weight excluding hydrogens is 328 g/mol. The highest BCUT2D eigenvalue weighted by Gasteiger charge is 2.12. The molecule has 0 aliphatic heterocycles. The minimum Gasteiger partial charge on any atom is -0.483 e.